The zero-order valence-electron chi connectivity index (χ0n) is 12.1. The topological polar surface area (TPSA) is 21.3 Å². The molecule has 0 bridgehead atoms. The van der Waals surface area contributed by atoms with Crippen LogP contribution < -0.4 is 10.1 Å². The van der Waals surface area contributed by atoms with Crippen LogP contribution in [0.4, 0.5) is 5.69 Å². The summed E-state index contributed by atoms with van der Waals surface area (Å²) in [6, 6.07) is 6.32. The Bertz CT molecular complexity index is 419. The van der Waals surface area contributed by atoms with E-state index in [0.29, 0.717) is 12.0 Å². The van der Waals surface area contributed by atoms with E-state index in [9.17, 15) is 0 Å². The van der Waals surface area contributed by atoms with Crippen molar-refractivity contribution in [2.24, 2.45) is 11.8 Å². The second-order valence-electron chi connectivity index (χ2n) is 5.79. The van der Waals surface area contributed by atoms with Gasteiger partial charge in [-0.3, -0.25) is 0 Å². The van der Waals surface area contributed by atoms with Gasteiger partial charge in [0.05, 0.1) is 17.8 Å². The van der Waals surface area contributed by atoms with Crippen molar-refractivity contribution in [3.05, 3.63) is 23.2 Å². The van der Waals surface area contributed by atoms with Crippen LogP contribution in [0.2, 0.25) is 5.02 Å². The van der Waals surface area contributed by atoms with Crippen molar-refractivity contribution in [1.29, 1.82) is 0 Å². The fraction of sp³-hybridized carbons (Fsp3) is 0.625. The lowest BCUT2D eigenvalue weighted by Crippen LogP contribution is -2.35. The standard InChI is InChI=1S/C16H24ClNO/c1-11(2)13-6-4-5-7-15(13)18-16-10-12(19-3)8-9-14(16)17/h8-11,13,15,18H,4-7H2,1-3H3. The SMILES string of the molecule is COc1ccc(Cl)c(NC2CCCCC2C(C)C)c1. The maximum absolute atomic E-state index is 6.28. The van der Waals surface area contributed by atoms with Gasteiger partial charge in [0.2, 0.25) is 0 Å². The minimum atomic E-state index is 0.526. The van der Waals surface area contributed by atoms with Crippen LogP contribution in [0, 0.1) is 11.8 Å². The van der Waals surface area contributed by atoms with Crippen molar-refractivity contribution in [2.45, 2.75) is 45.6 Å². The fourth-order valence-electron chi connectivity index (χ4n) is 3.08. The Morgan fingerprint density at radius 1 is 1.26 bits per heavy atom. The molecule has 2 atom stereocenters. The van der Waals surface area contributed by atoms with Crippen molar-refractivity contribution < 1.29 is 4.74 Å². The molecule has 0 radical (unpaired) electrons. The fourth-order valence-corrected chi connectivity index (χ4v) is 3.25. The quantitative estimate of drug-likeness (QED) is 0.841. The number of hydrogen-bond acceptors (Lipinski definition) is 2. The summed E-state index contributed by atoms with van der Waals surface area (Å²) >= 11 is 6.28. The maximum Gasteiger partial charge on any atom is 0.121 e. The number of rotatable bonds is 4. The Morgan fingerprint density at radius 3 is 2.68 bits per heavy atom. The molecule has 1 saturated carbocycles. The Morgan fingerprint density at radius 2 is 2.00 bits per heavy atom. The monoisotopic (exact) mass is 281 g/mol. The molecule has 1 aromatic carbocycles. The van der Waals surface area contributed by atoms with Gasteiger partial charge in [0.1, 0.15) is 5.75 Å². The predicted molar refractivity (Wildman–Crippen MR) is 82.2 cm³/mol. The van der Waals surface area contributed by atoms with E-state index in [-0.39, 0.29) is 0 Å². The average molecular weight is 282 g/mol. The molecule has 1 aliphatic rings. The van der Waals surface area contributed by atoms with Gasteiger partial charge in [0.25, 0.3) is 0 Å². The molecule has 0 spiro atoms. The lowest BCUT2D eigenvalue weighted by Gasteiger charge is -2.35. The van der Waals surface area contributed by atoms with Gasteiger partial charge in [-0.1, -0.05) is 38.3 Å². The molecule has 0 saturated heterocycles. The maximum atomic E-state index is 6.28. The summed E-state index contributed by atoms with van der Waals surface area (Å²) in [6.45, 7) is 4.63. The lowest BCUT2D eigenvalue weighted by atomic mass is 9.78. The second-order valence-corrected chi connectivity index (χ2v) is 6.20. The second kappa shape index (κ2) is 6.51. The number of benzene rings is 1. The van der Waals surface area contributed by atoms with Gasteiger partial charge in [0, 0.05) is 12.1 Å². The molecule has 2 unspecified atom stereocenters. The molecule has 19 heavy (non-hydrogen) atoms. The summed E-state index contributed by atoms with van der Waals surface area (Å²) in [5.41, 5.74) is 0.999. The first kappa shape index (κ1) is 14.5. The Kier molecular flexibility index (Phi) is 4.98. The first-order chi connectivity index (χ1) is 9.11. The van der Waals surface area contributed by atoms with Crippen molar-refractivity contribution in [3.63, 3.8) is 0 Å². The molecule has 0 amide bonds. The smallest absolute Gasteiger partial charge is 0.121 e. The number of halogens is 1. The van der Waals surface area contributed by atoms with Gasteiger partial charge in [0.15, 0.2) is 0 Å². The zero-order valence-corrected chi connectivity index (χ0v) is 12.8. The van der Waals surface area contributed by atoms with Crippen LogP contribution >= 0.6 is 11.6 Å². The van der Waals surface area contributed by atoms with E-state index in [4.69, 9.17) is 16.3 Å². The number of anilines is 1. The molecule has 3 heteroatoms. The van der Waals surface area contributed by atoms with Gasteiger partial charge < -0.3 is 10.1 Å². The third-order valence-electron chi connectivity index (χ3n) is 4.19. The van der Waals surface area contributed by atoms with Gasteiger partial charge in [-0.2, -0.15) is 0 Å². The highest BCUT2D eigenvalue weighted by atomic mass is 35.5. The normalized spacial score (nSPS) is 23.4. The lowest BCUT2D eigenvalue weighted by molar-refractivity contribution is 0.254. The molecule has 106 valence electrons. The van der Waals surface area contributed by atoms with E-state index in [1.54, 1.807) is 7.11 Å². The molecular formula is C16H24ClNO. The van der Waals surface area contributed by atoms with Crippen molar-refractivity contribution in [1.82, 2.24) is 0 Å². The molecule has 0 aliphatic heterocycles. The zero-order chi connectivity index (χ0) is 13.8. The third kappa shape index (κ3) is 3.56. The molecule has 2 nitrogen and oxygen atoms in total. The molecule has 1 N–H and O–H groups in total. The van der Waals surface area contributed by atoms with E-state index >= 15 is 0 Å². The highest BCUT2D eigenvalue weighted by Crippen LogP contribution is 2.35. The van der Waals surface area contributed by atoms with Crippen molar-refractivity contribution >= 4 is 17.3 Å². The Hall–Kier alpha value is -0.890. The molecule has 1 fully saturated rings. The summed E-state index contributed by atoms with van der Waals surface area (Å²) < 4.78 is 5.27. The molecular weight excluding hydrogens is 258 g/mol. The van der Waals surface area contributed by atoms with Gasteiger partial charge in [-0.05, 0) is 36.8 Å². The van der Waals surface area contributed by atoms with Crippen LogP contribution in [0.15, 0.2) is 18.2 Å². The Balaban J connectivity index is 2.14. The minimum Gasteiger partial charge on any atom is -0.497 e. The van der Waals surface area contributed by atoms with E-state index in [1.165, 1.54) is 25.7 Å². The van der Waals surface area contributed by atoms with E-state index < -0.39 is 0 Å². The predicted octanol–water partition coefficient (Wildman–Crippen LogP) is 4.98. The number of nitrogens with one attached hydrogen (secondary N) is 1. The highest BCUT2D eigenvalue weighted by Gasteiger charge is 2.27. The largest absolute Gasteiger partial charge is 0.497 e. The summed E-state index contributed by atoms with van der Waals surface area (Å²) in [6.07, 6.45) is 5.21. The van der Waals surface area contributed by atoms with Crippen LogP contribution in [0.25, 0.3) is 0 Å². The van der Waals surface area contributed by atoms with Gasteiger partial charge >= 0.3 is 0 Å². The van der Waals surface area contributed by atoms with Crippen LogP contribution in [-0.2, 0) is 0 Å². The average Bonchev–Trinajstić information content (AvgIpc) is 2.41. The number of hydrogen-bond donors (Lipinski definition) is 1. The van der Waals surface area contributed by atoms with Crippen LogP contribution in [0.1, 0.15) is 39.5 Å². The molecule has 2 rings (SSSR count). The Labute approximate surface area is 121 Å². The van der Waals surface area contributed by atoms with E-state index in [1.807, 2.05) is 18.2 Å². The van der Waals surface area contributed by atoms with Crippen LogP contribution in [0.5, 0.6) is 5.75 Å². The third-order valence-corrected chi connectivity index (χ3v) is 4.52. The molecule has 0 heterocycles. The van der Waals surface area contributed by atoms with Crippen molar-refractivity contribution in [3.8, 4) is 5.75 Å². The summed E-state index contributed by atoms with van der Waals surface area (Å²) in [5.74, 6) is 2.29. The first-order valence-corrected chi connectivity index (χ1v) is 7.59. The van der Waals surface area contributed by atoms with E-state index in [2.05, 4.69) is 19.2 Å². The highest BCUT2D eigenvalue weighted by molar-refractivity contribution is 6.33. The number of ether oxygens (including phenoxy) is 1. The van der Waals surface area contributed by atoms with Crippen molar-refractivity contribution in [2.75, 3.05) is 12.4 Å². The minimum absolute atomic E-state index is 0.526. The first-order valence-electron chi connectivity index (χ1n) is 7.22. The van der Waals surface area contributed by atoms with Gasteiger partial charge in [-0.15, -0.1) is 0 Å². The molecule has 1 aliphatic carbocycles. The molecule has 1 aromatic rings. The summed E-state index contributed by atoms with van der Waals surface area (Å²) in [4.78, 5) is 0. The van der Waals surface area contributed by atoms with Gasteiger partial charge in [-0.25, -0.2) is 0 Å². The number of methoxy groups -OCH3 is 1. The van der Waals surface area contributed by atoms with Crippen LogP contribution in [0.3, 0.4) is 0 Å². The van der Waals surface area contributed by atoms with E-state index in [0.717, 1.165) is 22.4 Å². The molecule has 0 aromatic heterocycles. The summed E-state index contributed by atoms with van der Waals surface area (Å²) in [5, 5.41) is 4.42. The summed E-state index contributed by atoms with van der Waals surface area (Å²) in [7, 11) is 1.69. The van der Waals surface area contributed by atoms with Crippen LogP contribution in [-0.4, -0.2) is 13.2 Å².